The predicted molar refractivity (Wildman–Crippen MR) is 165 cm³/mol. The molecule has 0 radical (unpaired) electrons. The fraction of sp³-hybridized carbons (Fsp3) is 0.576. The molecule has 0 atom stereocenters. The molecule has 292 valence electrons. The van der Waals surface area contributed by atoms with E-state index in [1.807, 2.05) is 12.1 Å². The molecular weight excluding hydrogens is 783 g/mol. The highest BCUT2D eigenvalue weighted by atomic mass is 32.1. The fourth-order valence-electron chi connectivity index (χ4n) is 5.63. The van der Waals surface area contributed by atoms with E-state index < -0.39 is 66.9 Å². The zero-order valence-corrected chi connectivity index (χ0v) is 28.4. The number of benzene rings is 2. The molecule has 2 heterocycles. The van der Waals surface area contributed by atoms with Crippen LogP contribution in [-0.2, 0) is 12.8 Å². The van der Waals surface area contributed by atoms with E-state index in [1.54, 1.807) is 6.07 Å². The van der Waals surface area contributed by atoms with E-state index >= 15 is 0 Å². The van der Waals surface area contributed by atoms with Crippen LogP contribution in [-0.4, -0.2) is 47.6 Å². The van der Waals surface area contributed by atoms with Gasteiger partial charge in [-0.3, -0.25) is 0 Å². The lowest BCUT2D eigenvalue weighted by Gasteiger charge is -2.42. The van der Waals surface area contributed by atoms with Gasteiger partial charge in [0.2, 0.25) is 0 Å². The van der Waals surface area contributed by atoms with Crippen molar-refractivity contribution in [2.24, 2.45) is 0 Å². The number of thiophene rings is 2. The molecule has 4 aromatic rings. The molecule has 2 aromatic heterocycles. The Bertz CT molecular complexity index is 1850. The zero-order valence-electron chi connectivity index (χ0n) is 26.8. The van der Waals surface area contributed by atoms with E-state index in [0.29, 0.717) is 4.70 Å². The summed E-state index contributed by atoms with van der Waals surface area (Å²) in [5.74, 6) is -56.1. The lowest BCUT2D eigenvalue weighted by atomic mass is 9.87. The number of unbranched alkanes of at least 4 members (excludes halogenated alkanes) is 5. The molecule has 0 aliphatic carbocycles. The van der Waals surface area contributed by atoms with E-state index in [0.717, 1.165) is 57.0 Å². The van der Waals surface area contributed by atoms with Gasteiger partial charge in [-0.05, 0) is 48.9 Å². The van der Waals surface area contributed by atoms with Gasteiger partial charge in [-0.25, -0.2) is 0 Å². The first-order chi connectivity index (χ1) is 23.7. The summed E-state index contributed by atoms with van der Waals surface area (Å²) in [6.45, 7) is 2.14. The van der Waals surface area contributed by atoms with E-state index in [4.69, 9.17) is 0 Å². The fourth-order valence-corrected chi connectivity index (χ4v) is 8.41. The number of rotatable bonds is 17. The van der Waals surface area contributed by atoms with Crippen LogP contribution in [0.5, 0.6) is 0 Å². The summed E-state index contributed by atoms with van der Waals surface area (Å²) >= 11 is 2.81. The molecule has 0 N–H and O–H groups in total. The topological polar surface area (TPSA) is 0 Å². The van der Waals surface area contributed by atoms with Gasteiger partial charge in [-0.2, -0.15) is 74.6 Å². The van der Waals surface area contributed by atoms with E-state index in [1.165, 1.54) is 53.2 Å². The number of alkyl halides is 17. The normalized spacial score (nSPS) is 14.7. The molecule has 0 saturated heterocycles. The SMILES string of the molecule is CCCCCCCCc1ccc2c(c1)sc1c3ccc(CCCC(F)(F)C(F)(F)C(F)(F)C(F)(F)C(F)(F)C(F)(F)C(F)(F)C(F)(F)F)cc3sc21. The minimum atomic E-state index is -8.62. The quantitative estimate of drug-likeness (QED) is 0.0736. The maximum absolute atomic E-state index is 14.4. The molecule has 0 unspecified atom stereocenters. The summed E-state index contributed by atoms with van der Waals surface area (Å²) in [4.78, 5) is 0. The monoisotopic (exact) mass is 812 g/mol. The lowest BCUT2D eigenvalue weighted by molar-refractivity contribution is -0.461. The maximum atomic E-state index is 14.4. The molecule has 0 saturated carbocycles. The van der Waals surface area contributed by atoms with Gasteiger partial charge in [0.05, 0.1) is 9.40 Å². The smallest absolute Gasteiger partial charge is 0.200 e. The van der Waals surface area contributed by atoms with Crippen LogP contribution in [0.25, 0.3) is 29.6 Å². The van der Waals surface area contributed by atoms with Gasteiger partial charge in [0.25, 0.3) is 0 Å². The number of halogens is 17. The Morgan fingerprint density at radius 3 is 1.27 bits per heavy atom. The summed E-state index contributed by atoms with van der Waals surface area (Å²) in [5.41, 5.74) is 1.34. The van der Waals surface area contributed by atoms with Gasteiger partial charge in [0, 0.05) is 26.6 Å². The van der Waals surface area contributed by atoms with Crippen molar-refractivity contribution < 1.29 is 74.6 Å². The van der Waals surface area contributed by atoms with Crippen molar-refractivity contribution in [3.8, 4) is 0 Å². The molecule has 19 heteroatoms. The Morgan fingerprint density at radius 1 is 0.442 bits per heavy atom. The van der Waals surface area contributed by atoms with Gasteiger partial charge in [-0.15, -0.1) is 22.7 Å². The summed E-state index contributed by atoms with van der Waals surface area (Å²) in [7, 11) is 0. The first-order valence-electron chi connectivity index (χ1n) is 15.8. The maximum Gasteiger partial charge on any atom is 0.460 e. The summed E-state index contributed by atoms with van der Waals surface area (Å²) in [6.07, 6.45) is -4.23. The first kappa shape index (κ1) is 42.2. The highest BCUT2D eigenvalue weighted by molar-refractivity contribution is 7.36. The van der Waals surface area contributed by atoms with Gasteiger partial charge in [-0.1, -0.05) is 63.3 Å². The minimum absolute atomic E-state index is 0.170. The number of fused-ring (bicyclic) bond motifs is 5. The van der Waals surface area contributed by atoms with Crippen LogP contribution in [0.1, 0.15) is 69.4 Å². The number of hydrogen-bond acceptors (Lipinski definition) is 2. The molecule has 0 fully saturated rings. The average molecular weight is 813 g/mol. The van der Waals surface area contributed by atoms with Gasteiger partial charge < -0.3 is 0 Å². The second-order valence-electron chi connectivity index (χ2n) is 12.5. The van der Waals surface area contributed by atoms with Crippen LogP contribution in [0.4, 0.5) is 74.6 Å². The molecule has 0 aliphatic rings. The van der Waals surface area contributed by atoms with Gasteiger partial charge in [0.15, 0.2) is 0 Å². The molecule has 0 amide bonds. The average Bonchev–Trinajstić information content (AvgIpc) is 3.56. The van der Waals surface area contributed by atoms with Crippen molar-refractivity contribution >= 4 is 52.2 Å². The van der Waals surface area contributed by atoms with Crippen molar-refractivity contribution in [1.82, 2.24) is 0 Å². The van der Waals surface area contributed by atoms with E-state index in [-0.39, 0.29) is 5.56 Å². The number of hydrogen-bond donors (Lipinski definition) is 0. The number of aryl methyl sites for hydroxylation is 2. The summed E-state index contributed by atoms with van der Waals surface area (Å²) in [5, 5.41) is 1.69. The Hall–Kier alpha value is -2.57. The second-order valence-corrected chi connectivity index (χ2v) is 14.6. The highest BCUT2D eigenvalue weighted by Gasteiger charge is 2.95. The zero-order chi connectivity index (χ0) is 39.3. The summed E-state index contributed by atoms with van der Waals surface area (Å²) < 4.78 is 234. The van der Waals surface area contributed by atoms with Crippen LogP contribution >= 0.6 is 22.7 Å². The van der Waals surface area contributed by atoms with Crippen LogP contribution in [0.2, 0.25) is 0 Å². The van der Waals surface area contributed by atoms with Gasteiger partial charge in [0.1, 0.15) is 0 Å². The Morgan fingerprint density at radius 2 is 0.827 bits per heavy atom. The van der Waals surface area contributed by atoms with Crippen molar-refractivity contribution in [1.29, 1.82) is 0 Å². The van der Waals surface area contributed by atoms with Crippen molar-refractivity contribution in [2.45, 2.75) is 119 Å². The van der Waals surface area contributed by atoms with Crippen LogP contribution < -0.4 is 0 Å². The first-order valence-corrected chi connectivity index (χ1v) is 17.4. The second kappa shape index (κ2) is 14.3. The van der Waals surface area contributed by atoms with E-state index in [9.17, 15) is 74.6 Å². The van der Waals surface area contributed by atoms with Crippen molar-refractivity contribution in [3.63, 3.8) is 0 Å². The Labute approximate surface area is 293 Å². The lowest BCUT2D eigenvalue weighted by Crippen LogP contribution is -2.74. The molecule has 0 nitrogen and oxygen atoms in total. The Kier molecular flexibility index (Phi) is 11.6. The third-order valence-electron chi connectivity index (χ3n) is 8.77. The predicted octanol–water partition coefficient (Wildman–Crippen LogP) is 14.5. The third-order valence-corrected chi connectivity index (χ3v) is 11.3. The van der Waals surface area contributed by atoms with Crippen molar-refractivity contribution in [3.05, 3.63) is 47.5 Å². The highest BCUT2D eigenvalue weighted by Crippen LogP contribution is 2.64. The van der Waals surface area contributed by atoms with Crippen molar-refractivity contribution in [2.75, 3.05) is 0 Å². The molecular formula is C33H29F17S2. The minimum Gasteiger partial charge on any atom is -0.200 e. The van der Waals surface area contributed by atoms with Crippen LogP contribution in [0, 0.1) is 0 Å². The molecule has 4 rings (SSSR count). The molecule has 0 bridgehead atoms. The largest absolute Gasteiger partial charge is 0.460 e. The molecule has 2 aromatic carbocycles. The summed E-state index contributed by atoms with van der Waals surface area (Å²) in [6, 6.07) is 10.5. The molecule has 52 heavy (non-hydrogen) atoms. The molecule has 0 aliphatic heterocycles. The van der Waals surface area contributed by atoms with E-state index in [2.05, 4.69) is 13.0 Å². The van der Waals surface area contributed by atoms with Gasteiger partial charge >= 0.3 is 47.6 Å². The Balaban J connectivity index is 1.48. The molecule has 0 spiro atoms. The third kappa shape index (κ3) is 6.93. The van der Waals surface area contributed by atoms with Crippen LogP contribution in [0.15, 0.2) is 36.4 Å². The van der Waals surface area contributed by atoms with Crippen LogP contribution in [0.3, 0.4) is 0 Å². The standard InChI is InChI=1S/C33H29F17S2/c1-2-3-4-5-6-7-9-18-11-13-20-22(16-18)51-25-21-14-12-19(17-23(21)52-24(20)25)10-8-15-26(34,35)27(36,37)28(38,39)29(40,41)30(42,43)31(44,45)32(46,47)33(48,49)50/h11-14,16-17H,2-10,15H2,1H3.